The van der Waals surface area contributed by atoms with Crippen molar-refractivity contribution in [2.75, 3.05) is 57.3 Å². The van der Waals surface area contributed by atoms with Crippen LogP contribution in [-0.2, 0) is 11.3 Å². The Morgan fingerprint density at radius 1 is 0.968 bits per heavy atom. The van der Waals surface area contributed by atoms with Gasteiger partial charge in [-0.05, 0) is 30.5 Å². The second-order valence-corrected chi connectivity index (χ2v) is 8.93. The Balaban J connectivity index is 1.11. The van der Waals surface area contributed by atoms with E-state index in [0.717, 1.165) is 77.6 Å². The number of hydrogen-bond donors (Lipinski definition) is 1. The zero-order chi connectivity index (χ0) is 21.5. The first kappa shape index (κ1) is 22.1. The number of carbonyl (C=O) groups excluding carboxylic acids is 1. The molecule has 2 aliphatic heterocycles. The van der Waals surface area contributed by atoms with Gasteiger partial charge in [0.15, 0.2) is 0 Å². The smallest absolute Gasteiger partial charge is 0.223 e. The number of aromatic nitrogens is 1. The molecule has 4 rings (SSSR count). The van der Waals surface area contributed by atoms with Gasteiger partial charge in [-0.3, -0.25) is 14.6 Å². The highest BCUT2D eigenvalue weighted by molar-refractivity contribution is 6.30. The van der Waals surface area contributed by atoms with Gasteiger partial charge in [0, 0.05) is 71.0 Å². The summed E-state index contributed by atoms with van der Waals surface area (Å²) >= 11 is 5.92. The van der Waals surface area contributed by atoms with Crippen LogP contribution in [0.3, 0.4) is 0 Å². The van der Waals surface area contributed by atoms with Gasteiger partial charge in [-0.25, -0.2) is 4.98 Å². The third-order valence-electron chi connectivity index (χ3n) is 6.34. The number of amides is 1. The molecule has 1 aromatic heterocycles. The van der Waals surface area contributed by atoms with Crippen LogP contribution in [0.1, 0.15) is 18.4 Å². The van der Waals surface area contributed by atoms with Crippen LogP contribution >= 0.6 is 11.6 Å². The van der Waals surface area contributed by atoms with Crippen LogP contribution in [0.5, 0.6) is 0 Å². The summed E-state index contributed by atoms with van der Waals surface area (Å²) in [7, 11) is 0. The number of piperidine rings is 1. The fourth-order valence-corrected chi connectivity index (χ4v) is 4.53. The molecular formula is C24H32ClN5O. The third-order valence-corrected chi connectivity index (χ3v) is 6.57. The summed E-state index contributed by atoms with van der Waals surface area (Å²) in [5.41, 5.74) is 1.38. The van der Waals surface area contributed by atoms with E-state index in [9.17, 15) is 4.79 Å². The molecule has 166 valence electrons. The zero-order valence-electron chi connectivity index (χ0n) is 18.0. The van der Waals surface area contributed by atoms with E-state index in [1.807, 2.05) is 12.1 Å². The van der Waals surface area contributed by atoms with E-state index in [0.29, 0.717) is 5.02 Å². The molecule has 2 saturated heterocycles. The summed E-state index contributed by atoms with van der Waals surface area (Å²) in [5, 5.41) is 3.82. The van der Waals surface area contributed by atoms with E-state index < -0.39 is 0 Å². The number of pyridine rings is 1. The molecule has 31 heavy (non-hydrogen) atoms. The van der Waals surface area contributed by atoms with Gasteiger partial charge in [-0.1, -0.05) is 41.9 Å². The Bertz CT molecular complexity index is 816. The minimum absolute atomic E-state index is 0.103. The van der Waals surface area contributed by atoms with Crippen molar-refractivity contribution in [3.63, 3.8) is 0 Å². The first-order valence-corrected chi connectivity index (χ1v) is 11.7. The Morgan fingerprint density at radius 3 is 2.35 bits per heavy atom. The van der Waals surface area contributed by atoms with Gasteiger partial charge >= 0.3 is 0 Å². The molecule has 3 heterocycles. The number of halogens is 1. The maximum absolute atomic E-state index is 12.6. The van der Waals surface area contributed by atoms with Crippen molar-refractivity contribution in [2.45, 2.75) is 19.4 Å². The van der Waals surface area contributed by atoms with Crippen LogP contribution in [-0.4, -0.2) is 73.0 Å². The van der Waals surface area contributed by atoms with Gasteiger partial charge in [0.05, 0.1) is 5.02 Å². The number of carbonyl (C=O) groups is 1. The Kier molecular flexibility index (Phi) is 7.78. The maximum Gasteiger partial charge on any atom is 0.223 e. The Labute approximate surface area is 190 Å². The molecule has 2 fully saturated rings. The highest BCUT2D eigenvalue weighted by atomic mass is 35.5. The van der Waals surface area contributed by atoms with Crippen LogP contribution in [0.15, 0.2) is 48.7 Å². The number of rotatable bonds is 7. The Hall–Kier alpha value is -2.15. The standard InChI is InChI=1S/C24H32ClN5O/c25-22-6-7-23(27-18-22)30-11-8-21(9-12-30)24(31)26-10-13-28-14-16-29(17-15-28)19-20-4-2-1-3-5-20/h1-7,18,21H,8-17,19H2,(H,26,31). The quantitative estimate of drug-likeness (QED) is 0.716. The van der Waals surface area contributed by atoms with Crippen molar-refractivity contribution in [3.8, 4) is 0 Å². The summed E-state index contributed by atoms with van der Waals surface area (Å²) < 4.78 is 0. The lowest BCUT2D eigenvalue weighted by Crippen LogP contribution is -2.48. The lowest BCUT2D eigenvalue weighted by atomic mass is 9.96. The number of anilines is 1. The molecule has 6 nitrogen and oxygen atoms in total. The molecule has 0 radical (unpaired) electrons. The average Bonchev–Trinajstić information content (AvgIpc) is 2.81. The van der Waals surface area contributed by atoms with Gasteiger partial charge < -0.3 is 10.2 Å². The minimum atomic E-state index is 0.103. The summed E-state index contributed by atoms with van der Waals surface area (Å²) in [6, 6.07) is 14.5. The molecule has 0 saturated carbocycles. The van der Waals surface area contributed by atoms with E-state index in [-0.39, 0.29) is 11.8 Å². The van der Waals surface area contributed by atoms with Crippen LogP contribution in [0.25, 0.3) is 0 Å². The number of hydrogen-bond acceptors (Lipinski definition) is 5. The van der Waals surface area contributed by atoms with Gasteiger partial charge in [0.2, 0.25) is 5.91 Å². The molecule has 0 bridgehead atoms. The van der Waals surface area contributed by atoms with Crippen molar-refractivity contribution in [1.29, 1.82) is 0 Å². The summed E-state index contributed by atoms with van der Waals surface area (Å²) in [6.07, 6.45) is 3.42. The first-order chi connectivity index (χ1) is 15.2. The zero-order valence-corrected chi connectivity index (χ0v) is 18.8. The van der Waals surface area contributed by atoms with Gasteiger partial charge in [0.25, 0.3) is 0 Å². The largest absolute Gasteiger partial charge is 0.357 e. The first-order valence-electron chi connectivity index (χ1n) is 11.3. The van der Waals surface area contributed by atoms with E-state index in [4.69, 9.17) is 11.6 Å². The van der Waals surface area contributed by atoms with Crippen molar-refractivity contribution in [1.82, 2.24) is 20.1 Å². The van der Waals surface area contributed by atoms with E-state index in [1.54, 1.807) is 6.20 Å². The molecule has 0 spiro atoms. The lowest BCUT2D eigenvalue weighted by Gasteiger charge is -2.35. The third kappa shape index (κ3) is 6.42. The van der Waals surface area contributed by atoms with Gasteiger partial charge in [-0.2, -0.15) is 0 Å². The van der Waals surface area contributed by atoms with E-state index in [1.165, 1.54) is 5.56 Å². The number of benzene rings is 1. The molecule has 0 atom stereocenters. The summed E-state index contributed by atoms with van der Waals surface area (Å²) in [4.78, 5) is 24.2. The number of nitrogens with one attached hydrogen (secondary N) is 1. The number of nitrogens with zero attached hydrogens (tertiary/aromatic N) is 4. The van der Waals surface area contributed by atoms with Crippen molar-refractivity contribution >= 4 is 23.3 Å². The van der Waals surface area contributed by atoms with Crippen LogP contribution < -0.4 is 10.2 Å². The topological polar surface area (TPSA) is 51.7 Å². The molecule has 2 aliphatic rings. The molecule has 1 amide bonds. The van der Waals surface area contributed by atoms with Crippen molar-refractivity contribution < 1.29 is 4.79 Å². The molecule has 0 aliphatic carbocycles. The summed E-state index contributed by atoms with van der Waals surface area (Å²) in [5.74, 6) is 1.24. The van der Waals surface area contributed by atoms with Crippen molar-refractivity contribution in [2.24, 2.45) is 5.92 Å². The van der Waals surface area contributed by atoms with E-state index >= 15 is 0 Å². The highest BCUT2D eigenvalue weighted by Crippen LogP contribution is 2.22. The summed E-state index contributed by atoms with van der Waals surface area (Å²) in [6.45, 7) is 8.70. The maximum atomic E-state index is 12.6. The van der Waals surface area contributed by atoms with Gasteiger partial charge in [-0.15, -0.1) is 0 Å². The monoisotopic (exact) mass is 441 g/mol. The van der Waals surface area contributed by atoms with Gasteiger partial charge in [0.1, 0.15) is 5.82 Å². The van der Waals surface area contributed by atoms with Crippen molar-refractivity contribution in [3.05, 3.63) is 59.2 Å². The predicted octanol–water partition coefficient (Wildman–Crippen LogP) is 2.89. The van der Waals surface area contributed by atoms with Crippen LogP contribution in [0.2, 0.25) is 5.02 Å². The molecule has 1 aromatic carbocycles. The van der Waals surface area contributed by atoms with Crippen LogP contribution in [0, 0.1) is 5.92 Å². The molecular weight excluding hydrogens is 410 g/mol. The molecule has 7 heteroatoms. The molecule has 2 aromatic rings. The second kappa shape index (κ2) is 10.9. The second-order valence-electron chi connectivity index (χ2n) is 8.49. The SMILES string of the molecule is O=C(NCCN1CCN(Cc2ccccc2)CC1)C1CCN(c2ccc(Cl)cn2)CC1. The Morgan fingerprint density at radius 2 is 1.68 bits per heavy atom. The fourth-order valence-electron chi connectivity index (χ4n) is 4.42. The predicted molar refractivity (Wildman–Crippen MR) is 125 cm³/mol. The molecule has 1 N–H and O–H groups in total. The van der Waals surface area contributed by atoms with Crippen LogP contribution in [0.4, 0.5) is 5.82 Å². The fraction of sp³-hybridized carbons (Fsp3) is 0.500. The average molecular weight is 442 g/mol. The molecule has 0 unspecified atom stereocenters. The lowest BCUT2D eigenvalue weighted by molar-refractivity contribution is -0.125. The van der Waals surface area contributed by atoms with E-state index in [2.05, 4.69) is 55.3 Å². The normalized spacial score (nSPS) is 18.8. The minimum Gasteiger partial charge on any atom is -0.357 e. The number of piperazine rings is 1. The highest BCUT2D eigenvalue weighted by Gasteiger charge is 2.25.